The third-order valence-electron chi connectivity index (χ3n) is 5.22. The second kappa shape index (κ2) is 8.28. The first kappa shape index (κ1) is 18.3. The Labute approximate surface area is 168 Å². The average Bonchev–Trinajstić information content (AvgIpc) is 3.11. The number of fused-ring (bicyclic) bond motifs is 1. The highest BCUT2D eigenvalue weighted by atomic mass is 79.9. The minimum atomic E-state index is 0.335. The van der Waals surface area contributed by atoms with E-state index in [0.717, 1.165) is 41.7 Å². The van der Waals surface area contributed by atoms with Crippen molar-refractivity contribution in [1.29, 1.82) is 0 Å². The van der Waals surface area contributed by atoms with Crippen molar-refractivity contribution in [2.75, 3.05) is 7.11 Å². The maximum atomic E-state index is 5.50. The molecule has 0 aliphatic heterocycles. The molecule has 4 rings (SSSR count). The van der Waals surface area contributed by atoms with Gasteiger partial charge in [0.05, 0.1) is 19.9 Å². The van der Waals surface area contributed by atoms with Gasteiger partial charge in [-0.1, -0.05) is 46.3 Å². The summed E-state index contributed by atoms with van der Waals surface area (Å²) in [4.78, 5) is 0. The zero-order chi connectivity index (χ0) is 18.6. The Morgan fingerprint density at radius 1 is 1.22 bits per heavy atom. The summed E-state index contributed by atoms with van der Waals surface area (Å²) in [5.74, 6) is 0.918. The third-order valence-corrected chi connectivity index (χ3v) is 5.71. The van der Waals surface area contributed by atoms with Crippen LogP contribution in [0.15, 0.2) is 59.2 Å². The molecule has 27 heavy (non-hydrogen) atoms. The minimum absolute atomic E-state index is 0.335. The van der Waals surface area contributed by atoms with Gasteiger partial charge in [0.2, 0.25) is 0 Å². The molecular formula is C22H24BrN3O. The summed E-state index contributed by atoms with van der Waals surface area (Å²) in [6.45, 7) is 1.61. The number of aromatic nitrogens is 2. The van der Waals surface area contributed by atoms with E-state index in [4.69, 9.17) is 9.84 Å². The van der Waals surface area contributed by atoms with Crippen LogP contribution in [0.3, 0.4) is 0 Å². The SMILES string of the molecule is COc1ccc(Br)cc1CN[C@@H]1CCCc2c1cnn2Cc1ccccc1. The van der Waals surface area contributed by atoms with Crippen LogP contribution in [-0.4, -0.2) is 16.9 Å². The topological polar surface area (TPSA) is 39.1 Å². The van der Waals surface area contributed by atoms with Crippen LogP contribution in [-0.2, 0) is 19.5 Å². The molecule has 3 aromatic rings. The summed E-state index contributed by atoms with van der Waals surface area (Å²) in [7, 11) is 1.72. The lowest BCUT2D eigenvalue weighted by Gasteiger charge is -2.25. The molecule has 0 fully saturated rings. The number of hydrogen-bond acceptors (Lipinski definition) is 3. The molecule has 0 saturated heterocycles. The second-order valence-electron chi connectivity index (χ2n) is 6.97. The van der Waals surface area contributed by atoms with Gasteiger partial charge in [-0.25, -0.2) is 0 Å². The van der Waals surface area contributed by atoms with Crippen LogP contribution >= 0.6 is 15.9 Å². The highest BCUT2D eigenvalue weighted by Gasteiger charge is 2.24. The van der Waals surface area contributed by atoms with E-state index in [0.29, 0.717) is 6.04 Å². The fourth-order valence-electron chi connectivity index (χ4n) is 3.84. The monoisotopic (exact) mass is 425 g/mol. The Morgan fingerprint density at radius 3 is 2.89 bits per heavy atom. The van der Waals surface area contributed by atoms with Crippen molar-refractivity contribution >= 4 is 15.9 Å². The Bertz CT molecular complexity index is 907. The van der Waals surface area contributed by atoms with Crippen LogP contribution in [0.25, 0.3) is 0 Å². The molecule has 1 aliphatic carbocycles. The molecule has 4 nitrogen and oxygen atoms in total. The number of halogens is 1. The summed E-state index contributed by atoms with van der Waals surface area (Å²) >= 11 is 3.56. The van der Waals surface area contributed by atoms with E-state index in [-0.39, 0.29) is 0 Å². The van der Waals surface area contributed by atoms with Gasteiger partial charge in [-0.15, -0.1) is 0 Å². The maximum Gasteiger partial charge on any atom is 0.123 e. The number of ether oxygens (including phenoxy) is 1. The highest BCUT2D eigenvalue weighted by Crippen LogP contribution is 2.31. The molecule has 2 aromatic carbocycles. The predicted molar refractivity (Wildman–Crippen MR) is 111 cm³/mol. The molecule has 1 heterocycles. The van der Waals surface area contributed by atoms with Crippen LogP contribution in [0.2, 0.25) is 0 Å². The summed E-state index contributed by atoms with van der Waals surface area (Å²) in [5, 5.41) is 8.41. The maximum absolute atomic E-state index is 5.50. The number of hydrogen-bond donors (Lipinski definition) is 1. The van der Waals surface area contributed by atoms with Crippen molar-refractivity contribution in [3.05, 3.63) is 81.6 Å². The number of methoxy groups -OCH3 is 1. The first-order valence-electron chi connectivity index (χ1n) is 9.39. The van der Waals surface area contributed by atoms with Gasteiger partial charge in [-0.05, 0) is 43.0 Å². The largest absolute Gasteiger partial charge is 0.496 e. The van der Waals surface area contributed by atoms with Gasteiger partial charge in [-0.2, -0.15) is 5.10 Å². The fraction of sp³-hybridized carbons (Fsp3) is 0.318. The molecule has 1 aliphatic rings. The van der Waals surface area contributed by atoms with Crippen molar-refractivity contribution in [2.24, 2.45) is 0 Å². The van der Waals surface area contributed by atoms with Crippen molar-refractivity contribution in [3.8, 4) is 5.75 Å². The van der Waals surface area contributed by atoms with E-state index < -0.39 is 0 Å². The van der Waals surface area contributed by atoms with Gasteiger partial charge in [0.1, 0.15) is 5.75 Å². The van der Waals surface area contributed by atoms with Gasteiger partial charge in [-0.3, -0.25) is 4.68 Å². The molecule has 0 unspecified atom stereocenters. The molecule has 5 heteroatoms. The Morgan fingerprint density at radius 2 is 2.07 bits per heavy atom. The molecule has 0 spiro atoms. The smallest absolute Gasteiger partial charge is 0.123 e. The van der Waals surface area contributed by atoms with Crippen molar-refractivity contribution < 1.29 is 4.74 Å². The van der Waals surface area contributed by atoms with E-state index in [9.17, 15) is 0 Å². The van der Waals surface area contributed by atoms with E-state index in [2.05, 4.69) is 62.3 Å². The molecule has 0 bridgehead atoms. The molecule has 0 saturated carbocycles. The first-order chi connectivity index (χ1) is 13.2. The van der Waals surface area contributed by atoms with Gasteiger partial charge >= 0.3 is 0 Å². The second-order valence-corrected chi connectivity index (χ2v) is 7.89. The highest BCUT2D eigenvalue weighted by molar-refractivity contribution is 9.10. The fourth-order valence-corrected chi connectivity index (χ4v) is 4.25. The van der Waals surface area contributed by atoms with E-state index >= 15 is 0 Å². The molecule has 140 valence electrons. The molecule has 0 radical (unpaired) electrons. The van der Waals surface area contributed by atoms with E-state index in [1.54, 1.807) is 7.11 Å². The van der Waals surface area contributed by atoms with Crippen LogP contribution in [0.1, 0.15) is 41.3 Å². The summed E-state index contributed by atoms with van der Waals surface area (Å²) in [5.41, 5.74) is 5.16. The lowest BCUT2D eigenvalue weighted by molar-refractivity contribution is 0.400. The van der Waals surface area contributed by atoms with Crippen molar-refractivity contribution in [1.82, 2.24) is 15.1 Å². The normalized spacial score (nSPS) is 16.1. The van der Waals surface area contributed by atoms with Gasteiger partial charge < -0.3 is 10.1 Å². The van der Waals surface area contributed by atoms with Crippen LogP contribution in [0.5, 0.6) is 5.75 Å². The summed E-state index contributed by atoms with van der Waals surface area (Å²) < 4.78 is 8.74. The molecular weight excluding hydrogens is 402 g/mol. The van der Waals surface area contributed by atoms with Crippen LogP contribution in [0, 0.1) is 0 Å². The van der Waals surface area contributed by atoms with Crippen molar-refractivity contribution in [2.45, 2.75) is 38.4 Å². The van der Waals surface area contributed by atoms with Crippen LogP contribution in [0.4, 0.5) is 0 Å². The Balaban J connectivity index is 1.50. The summed E-state index contributed by atoms with van der Waals surface area (Å²) in [6.07, 6.45) is 5.47. The van der Waals surface area contributed by atoms with Gasteiger partial charge in [0, 0.05) is 33.9 Å². The molecule has 0 amide bonds. The zero-order valence-corrected chi connectivity index (χ0v) is 17.1. The van der Waals surface area contributed by atoms with E-state index in [1.165, 1.54) is 23.2 Å². The Kier molecular flexibility index (Phi) is 5.60. The van der Waals surface area contributed by atoms with Crippen molar-refractivity contribution in [3.63, 3.8) is 0 Å². The summed E-state index contributed by atoms with van der Waals surface area (Å²) in [6, 6.07) is 17.0. The van der Waals surface area contributed by atoms with Gasteiger partial charge in [0.15, 0.2) is 0 Å². The Hall–Kier alpha value is -2.11. The number of nitrogens with zero attached hydrogens (tertiary/aromatic N) is 2. The zero-order valence-electron chi connectivity index (χ0n) is 15.5. The number of nitrogens with one attached hydrogen (secondary N) is 1. The van der Waals surface area contributed by atoms with Crippen LogP contribution < -0.4 is 10.1 Å². The number of rotatable bonds is 6. The van der Waals surface area contributed by atoms with Gasteiger partial charge in [0.25, 0.3) is 0 Å². The molecule has 1 N–H and O–H groups in total. The quantitative estimate of drug-likeness (QED) is 0.611. The van der Waals surface area contributed by atoms with E-state index in [1.807, 2.05) is 18.3 Å². The standard InChI is InChI=1S/C22H24BrN3O/c1-27-22-11-10-18(23)12-17(22)13-24-20-8-5-9-21-19(20)14-25-26(21)15-16-6-3-2-4-7-16/h2-4,6-7,10-12,14,20,24H,5,8-9,13,15H2,1H3/t20-/m1/s1. The molecule has 1 atom stereocenters. The predicted octanol–water partition coefficient (Wildman–Crippen LogP) is 4.87. The number of benzene rings is 2. The third kappa shape index (κ3) is 4.09. The lowest BCUT2D eigenvalue weighted by atomic mass is 9.92. The lowest BCUT2D eigenvalue weighted by Crippen LogP contribution is -2.25. The minimum Gasteiger partial charge on any atom is -0.496 e. The first-order valence-corrected chi connectivity index (χ1v) is 10.2. The molecule has 1 aromatic heterocycles. The average molecular weight is 426 g/mol.